The third-order valence-corrected chi connectivity index (χ3v) is 6.98. The Bertz CT molecular complexity index is 1440. The Morgan fingerprint density at radius 1 is 0.757 bits per heavy atom. The lowest BCUT2D eigenvalue weighted by molar-refractivity contribution is 0.949. The van der Waals surface area contributed by atoms with Crippen molar-refractivity contribution in [2.75, 3.05) is 28.8 Å². The molecule has 1 aliphatic rings. The molecule has 3 aromatic carbocycles. The molecule has 0 amide bonds. The number of benzene rings is 3. The average molecular weight is 507 g/mol. The quantitative estimate of drug-likeness (QED) is 0.184. The zero-order chi connectivity index (χ0) is 25.5. The second-order valence-corrected chi connectivity index (χ2v) is 9.70. The van der Waals surface area contributed by atoms with E-state index in [1.165, 1.54) is 17.8 Å². The molecular formula is C28H26N8S. The fourth-order valence-electron chi connectivity index (χ4n) is 3.90. The van der Waals surface area contributed by atoms with Crippen molar-refractivity contribution in [3.05, 3.63) is 90.0 Å². The molecule has 8 nitrogen and oxygen atoms in total. The number of nitrogens with zero attached hydrogens (tertiary/aromatic N) is 6. The molecule has 0 saturated carbocycles. The fourth-order valence-corrected chi connectivity index (χ4v) is 4.78. The van der Waals surface area contributed by atoms with E-state index in [1.54, 1.807) is 23.5 Å². The van der Waals surface area contributed by atoms with Gasteiger partial charge in [-0.25, -0.2) is 0 Å². The summed E-state index contributed by atoms with van der Waals surface area (Å²) in [6.45, 7) is 4.25. The summed E-state index contributed by atoms with van der Waals surface area (Å²) in [6, 6.07) is 26.9. The highest BCUT2D eigenvalue weighted by molar-refractivity contribution is 7.19. The molecule has 0 spiro atoms. The molecular weight excluding hydrogens is 480 g/mol. The molecule has 37 heavy (non-hydrogen) atoms. The Kier molecular flexibility index (Phi) is 7.48. The molecule has 0 unspecified atom stereocenters. The molecule has 0 atom stereocenters. The summed E-state index contributed by atoms with van der Waals surface area (Å²) in [5.41, 5.74) is 11.9. The molecule has 0 aliphatic carbocycles. The van der Waals surface area contributed by atoms with Crippen molar-refractivity contribution in [1.29, 1.82) is 5.26 Å². The van der Waals surface area contributed by atoms with E-state index in [-0.39, 0.29) is 0 Å². The lowest BCUT2D eigenvalue weighted by Gasteiger charge is -2.13. The van der Waals surface area contributed by atoms with Crippen LogP contribution < -0.4 is 15.8 Å². The predicted molar refractivity (Wildman–Crippen MR) is 150 cm³/mol. The second kappa shape index (κ2) is 11.5. The van der Waals surface area contributed by atoms with Crippen LogP contribution in [-0.4, -0.2) is 13.1 Å². The van der Waals surface area contributed by atoms with Gasteiger partial charge >= 0.3 is 0 Å². The molecule has 9 heteroatoms. The molecule has 2 N–H and O–H groups in total. The van der Waals surface area contributed by atoms with Gasteiger partial charge in [0, 0.05) is 13.1 Å². The van der Waals surface area contributed by atoms with Crippen LogP contribution in [0.2, 0.25) is 0 Å². The van der Waals surface area contributed by atoms with E-state index in [1.807, 2.05) is 67.6 Å². The third kappa shape index (κ3) is 6.37. The molecule has 5 rings (SSSR count). The van der Waals surface area contributed by atoms with Crippen LogP contribution in [0.25, 0.3) is 0 Å². The van der Waals surface area contributed by atoms with Gasteiger partial charge in [-0.2, -0.15) is 15.5 Å². The number of hydrogen-bond donors (Lipinski definition) is 2. The van der Waals surface area contributed by atoms with Crippen LogP contribution in [0.4, 0.5) is 38.4 Å². The van der Waals surface area contributed by atoms with Crippen LogP contribution in [0.15, 0.2) is 99.3 Å². The molecule has 184 valence electrons. The summed E-state index contributed by atoms with van der Waals surface area (Å²) in [6.07, 6.45) is 2.53. The topological polar surface area (TPSA) is 101 Å². The first-order valence-electron chi connectivity index (χ1n) is 12.1. The molecule has 0 radical (unpaired) electrons. The average Bonchev–Trinajstić information content (AvgIpc) is 3.64. The normalized spacial score (nSPS) is 13.4. The summed E-state index contributed by atoms with van der Waals surface area (Å²) in [5, 5.41) is 28.7. The van der Waals surface area contributed by atoms with Crippen molar-refractivity contribution in [3.8, 4) is 6.07 Å². The van der Waals surface area contributed by atoms with E-state index in [4.69, 9.17) is 5.26 Å². The SMILES string of the molecule is Cc1cc(/N=N/c2ccc(N3CCCC3)s2)ccc1/N=N/c1ccc(NNc2ccc(C#N)cc2)cc1. The minimum atomic E-state index is 0.624. The number of nitrogens with one attached hydrogen (secondary N) is 2. The highest BCUT2D eigenvalue weighted by atomic mass is 32.1. The van der Waals surface area contributed by atoms with Gasteiger partial charge in [-0.1, -0.05) is 11.3 Å². The monoisotopic (exact) mass is 506 g/mol. The van der Waals surface area contributed by atoms with Crippen LogP contribution in [0.5, 0.6) is 0 Å². The lowest BCUT2D eigenvalue weighted by Crippen LogP contribution is -2.15. The smallest absolute Gasteiger partial charge is 0.140 e. The van der Waals surface area contributed by atoms with E-state index in [0.717, 1.165) is 52.1 Å². The van der Waals surface area contributed by atoms with Crippen molar-refractivity contribution >= 4 is 49.8 Å². The van der Waals surface area contributed by atoms with Gasteiger partial charge in [-0.15, -0.1) is 10.2 Å². The lowest BCUT2D eigenvalue weighted by atomic mass is 10.2. The molecule has 1 aliphatic heterocycles. The standard InChI is InChI=1S/C28H26N8S/c1-20-18-25(33-35-27-14-15-28(37-27)36-16-2-3-17-36)12-13-26(20)34-32-24-10-8-23(9-11-24)31-30-22-6-4-21(19-29)5-7-22/h4-15,18,30-31H,2-3,16-17H2,1H3/b34-32+,35-33+. The molecule has 1 fully saturated rings. The maximum Gasteiger partial charge on any atom is 0.140 e. The molecule has 4 aromatic rings. The van der Waals surface area contributed by atoms with Gasteiger partial charge in [0.05, 0.1) is 45.1 Å². The van der Waals surface area contributed by atoms with Gasteiger partial charge in [0.1, 0.15) is 5.00 Å². The second-order valence-electron chi connectivity index (χ2n) is 8.66. The van der Waals surface area contributed by atoms with Gasteiger partial charge in [-0.05, 0) is 104 Å². The highest BCUT2D eigenvalue weighted by Crippen LogP contribution is 2.35. The summed E-state index contributed by atoms with van der Waals surface area (Å²) in [7, 11) is 0. The van der Waals surface area contributed by atoms with Crippen LogP contribution in [0.3, 0.4) is 0 Å². The fraction of sp³-hybridized carbons (Fsp3) is 0.179. The Hall–Kier alpha value is -4.55. The first kappa shape index (κ1) is 24.2. The highest BCUT2D eigenvalue weighted by Gasteiger charge is 2.14. The van der Waals surface area contributed by atoms with Crippen molar-refractivity contribution in [2.24, 2.45) is 20.5 Å². The zero-order valence-electron chi connectivity index (χ0n) is 20.4. The van der Waals surface area contributed by atoms with E-state index in [0.29, 0.717) is 5.56 Å². The Balaban J connectivity index is 1.16. The minimum absolute atomic E-state index is 0.624. The number of hydrogen-bond acceptors (Lipinski definition) is 9. The van der Waals surface area contributed by atoms with Crippen molar-refractivity contribution in [1.82, 2.24) is 0 Å². The molecule has 1 saturated heterocycles. The maximum absolute atomic E-state index is 8.89. The number of aryl methyl sites for hydroxylation is 1. The van der Waals surface area contributed by atoms with E-state index >= 15 is 0 Å². The first-order chi connectivity index (χ1) is 18.2. The predicted octanol–water partition coefficient (Wildman–Crippen LogP) is 8.80. The summed E-state index contributed by atoms with van der Waals surface area (Å²) in [5.74, 6) is 0. The van der Waals surface area contributed by atoms with Crippen LogP contribution in [0.1, 0.15) is 24.0 Å². The van der Waals surface area contributed by atoms with Gasteiger partial charge in [0.15, 0.2) is 0 Å². The van der Waals surface area contributed by atoms with Gasteiger partial charge in [-0.3, -0.25) is 0 Å². The Morgan fingerprint density at radius 2 is 1.41 bits per heavy atom. The van der Waals surface area contributed by atoms with E-state index in [9.17, 15) is 0 Å². The first-order valence-corrected chi connectivity index (χ1v) is 12.9. The Morgan fingerprint density at radius 3 is 2.08 bits per heavy atom. The van der Waals surface area contributed by atoms with Crippen molar-refractivity contribution < 1.29 is 0 Å². The number of anilines is 3. The number of azo groups is 2. The van der Waals surface area contributed by atoms with Gasteiger partial charge < -0.3 is 15.8 Å². The minimum Gasteiger partial charge on any atom is -0.363 e. The number of thiophene rings is 1. The molecule has 1 aromatic heterocycles. The maximum atomic E-state index is 8.89. The largest absolute Gasteiger partial charge is 0.363 e. The van der Waals surface area contributed by atoms with Gasteiger partial charge in [0.2, 0.25) is 0 Å². The van der Waals surface area contributed by atoms with Crippen LogP contribution >= 0.6 is 11.3 Å². The summed E-state index contributed by atoms with van der Waals surface area (Å²) in [4.78, 5) is 2.41. The zero-order valence-corrected chi connectivity index (χ0v) is 21.2. The van der Waals surface area contributed by atoms with Crippen LogP contribution in [0, 0.1) is 18.3 Å². The summed E-state index contributed by atoms with van der Waals surface area (Å²) < 4.78 is 0. The Labute approximate surface area is 220 Å². The third-order valence-electron chi connectivity index (χ3n) is 5.95. The van der Waals surface area contributed by atoms with Gasteiger partial charge in [0.25, 0.3) is 0 Å². The van der Waals surface area contributed by atoms with Crippen molar-refractivity contribution in [3.63, 3.8) is 0 Å². The number of nitriles is 1. The molecule has 2 heterocycles. The van der Waals surface area contributed by atoms with Crippen LogP contribution in [-0.2, 0) is 0 Å². The summed E-state index contributed by atoms with van der Waals surface area (Å²) >= 11 is 1.68. The van der Waals surface area contributed by atoms with E-state index in [2.05, 4.69) is 48.3 Å². The molecule has 0 bridgehead atoms. The van der Waals surface area contributed by atoms with Crippen molar-refractivity contribution in [2.45, 2.75) is 19.8 Å². The number of hydrazine groups is 1. The number of rotatable bonds is 8. The van der Waals surface area contributed by atoms with E-state index < -0.39 is 0 Å².